The molecule has 5 rings (SSSR count). The van der Waals surface area contributed by atoms with Crippen LogP contribution in [0.2, 0.25) is 0 Å². The first-order chi connectivity index (χ1) is 12.7. The van der Waals surface area contributed by atoms with E-state index >= 15 is 0 Å². The number of ether oxygens (including phenoxy) is 2. The number of likely N-dealkylation sites (N-methyl/N-ethyl adjacent to an activating group) is 1. The van der Waals surface area contributed by atoms with Crippen LogP contribution < -0.4 is 5.32 Å². The Balaban J connectivity index is 0.00000112. The van der Waals surface area contributed by atoms with Crippen LogP contribution in [-0.4, -0.2) is 80.8 Å². The summed E-state index contributed by atoms with van der Waals surface area (Å²) >= 11 is 1.69. The number of morpholine rings is 1. The number of hydrogen-bond donors (Lipinski definition) is 1. The predicted molar refractivity (Wildman–Crippen MR) is 114 cm³/mol. The summed E-state index contributed by atoms with van der Waals surface area (Å²) in [6.07, 6.45) is 3.08. The van der Waals surface area contributed by atoms with Gasteiger partial charge in [-0.3, -0.25) is 9.69 Å². The van der Waals surface area contributed by atoms with Crippen LogP contribution in [0.3, 0.4) is 0 Å². The first-order valence-electron chi connectivity index (χ1n) is 9.75. The van der Waals surface area contributed by atoms with Gasteiger partial charge in [-0.05, 0) is 44.6 Å². The summed E-state index contributed by atoms with van der Waals surface area (Å²) in [6.45, 7) is 5.93. The molecular formula is C19H29Cl2N3O3S. The highest BCUT2D eigenvalue weighted by atomic mass is 35.5. The summed E-state index contributed by atoms with van der Waals surface area (Å²) in [7, 11) is 2.14. The highest BCUT2D eigenvalue weighted by molar-refractivity contribution is 7.14. The molecular weight excluding hydrogens is 421 g/mol. The zero-order chi connectivity index (χ0) is 17.7. The molecule has 3 fully saturated rings. The van der Waals surface area contributed by atoms with Crippen molar-refractivity contribution in [1.82, 2.24) is 15.1 Å². The molecule has 1 amide bonds. The molecule has 1 N–H and O–H groups in total. The fourth-order valence-corrected chi connectivity index (χ4v) is 6.14. The van der Waals surface area contributed by atoms with Gasteiger partial charge in [0.2, 0.25) is 0 Å². The molecule has 0 saturated carbocycles. The molecule has 0 radical (unpaired) electrons. The number of halogens is 2. The van der Waals surface area contributed by atoms with Gasteiger partial charge < -0.3 is 19.7 Å². The molecule has 0 bridgehead atoms. The summed E-state index contributed by atoms with van der Waals surface area (Å²) < 4.78 is 12.2. The maximum Gasteiger partial charge on any atom is 0.264 e. The van der Waals surface area contributed by atoms with Gasteiger partial charge in [-0.25, -0.2) is 0 Å². The van der Waals surface area contributed by atoms with Crippen LogP contribution in [0.25, 0.3) is 0 Å². The van der Waals surface area contributed by atoms with E-state index in [9.17, 15) is 4.79 Å². The number of carbonyl (C=O) groups excluding carboxylic acids is 1. The van der Waals surface area contributed by atoms with E-state index in [0.29, 0.717) is 12.6 Å². The minimum absolute atomic E-state index is 0. The van der Waals surface area contributed by atoms with Crippen LogP contribution in [0, 0.1) is 0 Å². The van der Waals surface area contributed by atoms with Crippen molar-refractivity contribution in [2.24, 2.45) is 0 Å². The van der Waals surface area contributed by atoms with Gasteiger partial charge in [-0.2, -0.15) is 0 Å². The Hall–Kier alpha value is -0.410. The zero-order valence-electron chi connectivity index (χ0n) is 16.1. The van der Waals surface area contributed by atoms with E-state index in [0.717, 1.165) is 63.5 Å². The Morgan fingerprint density at radius 2 is 2.04 bits per heavy atom. The summed E-state index contributed by atoms with van der Waals surface area (Å²) in [4.78, 5) is 19.7. The topological polar surface area (TPSA) is 54.0 Å². The van der Waals surface area contributed by atoms with Gasteiger partial charge in [0.05, 0.1) is 35.8 Å². The molecule has 0 aliphatic carbocycles. The van der Waals surface area contributed by atoms with Crippen molar-refractivity contribution in [2.45, 2.75) is 37.0 Å². The van der Waals surface area contributed by atoms with Crippen molar-refractivity contribution in [3.05, 3.63) is 21.4 Å². The van der Waals surface area contributed by atoms with Crippen molar-refractivity contribution in [3.8, 4) is 0 Å². The normalized spacial score (nSPS) is 28.8. The maximum absolute atomic E-state index is 13.2. The third-order valence-electron chi connectivity index (χ3n) is 6.50. The lowest BCUT2D eigenvalue weighted by Gasteiger charge is -2.40. The first kappa shape index (κ1) is 22.3. The second-order valence-corrected chi connectivity index (χ2v) is 9.09. The highest BCUT2D eigenvalue weighted by Gasteiger charge is 2.43. The van der Waals surface area contributed by atoms with Crippen LogP contribution in [0.5, 0.6) is 0 Å². The quantitative estimate of drug-likeness (QED) is 0.709. The fourth-order valence-electron chi connectivity index (χ4n) is 4.95. The van der Waals surface area contributed by atoms with Crippen LogP contribution >= 0.6 is 36.2 Å². The van der Waals surface area contributed by atoms with E-state index in [4.69, 9.17) is 9.47 Å². The van der Waals surface area contributed by atoms with Crippen LogP contribution in [-0.2, 0) is 21.5 Å². The van der Waals surface area contributed by atoms with Crippen LogP contribution in [0.1, 0.15) is 33.0 Å². The smallest absolute Gasteiger partial charge is 0.264 e. The summed E-state index contributed by atoms with van der Waals surface area (Å²) in [6, 6.07) is 2.47. The number of piperidine rings is 1. The lowest BCUT2D eigenvalue weighted by molar-refractivity contribution is -0.0792. The Morgan fingerprint density at radius 1 is 1.25 bits per heavy atom. The minimum atomic E-state index is -0.170. The molecule has 4 aliphatic rings. The molecule has 5 heterocycles. The number of hydrogen-bond acceptors (Lipinski definition) is 6. The number of nitrogens with one attached hydrogen (secondary N) is 1. The number of fused-ring (bicyclic) bond motifs is 3. The Kier molecular flexibility index (Phi) is 6.97. The third-order valence-corrected chi connectivity index (χ3v) is 7.68. The number of amides is 1. The van der Waals surface area contributed by atoms with Crippen LogP contribution in [0.15, 0.2) is 6.07 Å². The molecule has 0 unspecified atom stereocenters. The van der Waals surface area contributed by atoms with Crippen molar-refractivity contribution >= 4 is 42.1 Å². The maximum atomic E-state index is 13.2. The third kappa shape index (κ3) is 3.71. The van der Waals surface area contributed by atoms with Crippen molar-refractivity contribution in [1.29, 1.82) is 0 Å². The molecule has 1 aromatic rings. The standard InChI is InChI=1S/C19H27N3O3S.2ClH/c1-21-7-9-24-15-12-22(11-14(15)21)18(23)17-10-13-16(26-17)2-8-25-19(13)3-5-20-6-4-19;;/h10,14-15,20H,2-9,11-12H2,1H3;2*1H/t14-,15-;;/m0../s1. The molecule has 0 aromatic carbocycles. The van der Waals surface area contributed by atoms with Gasteiger partial charge in [-0.15, -0.1) is 36.2 Å². The average Bonchev–Trinajstić information content (AvgIpc) is 3.28. The SMILES string of the molecule is CN1CCO[C@H]2CN(C(=O)c3cc4c(s3)CCOC43CCNCC3)C[C@@H]21.Cl.Cl. The van der Waals surface area contributed by atoms with Crippen LogP contribution in [0.4, 0.5) is 0 Å². The molecule has 1 spiro atoms. The van der Waals surface area contributed by atoms with Gasteiger partial charge in [0, 0.05) is 30.9 Å². The van der Waals surface area contributed by atoms with E-state index in [1.165, 1.54) is 10.4 Å². The first-order valence-corrected chi connectivity index (χ1v) is 10.6. The molecule has 9 heteroatoms. The number of carbonyl (C=O) groups is 1. The fraction of sp³-hybridized carbons (Fsp3) is 0.737. The number of rotatable bonds is 1. The van der Waals surface area contributed by atoms with E-state index in [-0.39, 0.29) is 42.4 Å². The molecule has 1 aromatic heterocycles. The predicted octanol–water partition coefficient (Wildman–Crippen LogP) is 1.90. The largest absolute Gasteiger partial charge is 0.373 e. The summed E-state index contributed by atoms with van der Waals surface area (Å²) in [5.41, 5.74) is 1.11. The Morgan fingerprint density at radius 3 is 2.79 bits per heavy atom. The van der Waals surface area contributed by atoms with Gasteiger partial charge in [0.1, 0.15) is 0 Å². The van der Waals surface area contributed by atoms with E-state index in [1.807, 2.05) is 4.90 Å². The summed E-state index contributed by atoms with van der Waals surface area (Å²) in [5.74, 6) is 0.167. The molecule has 28 heavy (non-hydrogen) atoms. The minimum Gasteiger partial charge on any atom is -0.373 e. The van der Waals surface area contributed by atoms with E-state index in [2.05, 4.69) is 23.3 Å². The van der Waals surface area contributed by atoms with Gasteiger partial charge in [0.25, 0.3) is 5.91 Å². The van der Waals surface area contributed by atoms with E-state index < -0.39 is 0 Å². The van der Waals surface area contributed by atoms with Crippen molar-refractivity contribution < 1.29 is 14.3 Å². The van der Waals surface area contributed by atoms with Gasteiger partial charge in [-0.1, -0.05) is 0 Å². The van der Waals surface area contributed by atoms with Crippen molar-refractivity contribution in [3.63, 3.8) is 0 Å². The molecule has 4 aliphatic heterocycles. The Bertz CT molecular complexity index is 711. The lowest BCUT2D eigenvalue weighted by atomic mass is 9.83. The monoisotopic (exact) mass is 449 g/mol. The number of thiophene rings is 1. The second-order valence-electron chi connectivity index (χ2n) is 7.96. The zero-order valence-corrected chi connectivity index (χ0v) is 18.6. The summed E-state index contributed by atoms with van der Waals surface area (Å²) in [5, 5.41) is 3.42. The molecule has 158 valence electrons. The van der Waals surface area contributed by atoms with Gasteiger partial charge in [0.15, 0.2) is 0 Å². The lowest BCUT2D eigenvalue weighted by Crippen LogP contribution is -2.48. The second kappa shape index (κ2) is 8.76. The Labute approximate surface area is 182 Å². The highest BCUT2D eigenvalue weighted by Crippen LogP contribution is 2.43. The van der Waals surface area contributed by atoms with Crippen molar-refractivity contribution in [2.75, 3.05) is 53.0 Å². The molecule has 3 saturated heterocycles. The number of likely N-dealkylation sites (tertiary alicyclic amines) is 1. The van der Waals surface area contributed by atoms with E-state index in [1.54, 1.807) is 11.3 Å². The average molecular weight is 450 g/mol. The molecule has 6 nitrogen and oxygen atoms in total. The molecule has 2 atom stereocenters. The van der Waals surface area contributed by atoms with Gasteiger partial charge >= 0.3 is 0 Å². The number of nitrogens with zero attached hydrogens (tertiary/aromatic N) is 2.